The van der Waals surface area contributed by atoms with Gasteiger partial charge in [0.2, 0.25) is 0 Å². The van der Waals surface area contributed by atoms with Gasteiger partial charge in [-0.15, -0.1) is 0 Å². The molecule has 0 spiro atoms. The van der Waals surface area contributed by atoms with Gasteiger partial charge >= 0.3 is 11.9 Å². The van der Waals surface area contributed by atoms with E-state index >= 15 is 0 Å². The molecule has 3 rings (SSSR count). The third kappa shape index (κ3) is 9.85. The fourth-order valence-electron chi connectivity index (χ4n) is 3.86. The maximum atomic E-state index is 12.5. The first-order chi connectivity index (χ1) is 18.6. The Balaban J connectivity index is 1.30. The van der Waals surface area contributed by atoms with E-state index in [1.165, 1.54) is 11.6 Å². The van der Waals surface area contributed by atoms with Crippen LogP contribution in [0.15, 0.2) is 79.5 Å². The van der Waals surface area contributed by atoms with Crippen molar-refractivity contribution in [3.63, 3.8) is 0 Å². The Labute approximate surface area is 225 Å². The number of hydrogen-bond acceptors (Lipinski definition) is 6. The maximum absolute atomic E-state index is 12.5. The summed E-state index contributed by atoms with van der Waals surface area (Å²) in [5.41, 5.74) is 3.52. The van der Waals surface area contributed by atoms with Gasteiger partial charge in [0.25, 0.3) is 0 Å². The molecule has 3 aromatic rings. The summed E-state index contributed by atoms with van der Waals surface area (Å²) in [4.78, 5) is 28.0. The van der Waals surface area contributed by atoms with E-state index in [1.54, 1.807) is 36.4 Å². The summed E-state index contributed by atoms with van der Waals surface area (Å²) < 4.78 is 16.3. The van der Waals surface area contributed by atoms with E-state index in [1.807, 2.05) is 24.4 Å². The van der Waals surface area contributed by atoms with Crippen molar-refractivity contribution in [3.8, 4) is 22.8 Å². The molecular formula is C32H37NO5. The van der Waals surface area contributed by atoms with Gasteiger partial charge in [0.15, 0.2) is 0 Å². The molecule has 38 heavy (non-hydrogen) atoms. The molecule has 200 valence electrons. The van der Waals surface area contributed by atoms with Crippen LogP contribution in [0, 0.1) is 0 Å². The smallest absolute Gasteiger partial charge is 0.343 e. The van der Waals surface area contributed by atoms with Gasteiger partial charge in [-0.25, -0.2) is 9.59 Å². The molecule has 2 aromatic carbocycles. The number of aromatic nitrogens is 1. The first kappa shape index (κ1) is 28.6. The molecule has 0 saturated heterocycles. The number of rotatable bonds is 16. The zero-order chi connectivity index (χ0) is 27.0. The third-order valence-electron chi connectivity index (χ3n) is 6.15. The quantitative estimate of drug-likeness (QED) is 0.0858. The van der Waals surface area contributed by atoms with Gasteiger partial charge < -0.3 is 14.2 Å². The average Bonchev–Trinajstić information content (AvgIpc) is 2.96. The summed E-state index contributed by atoms with van der Waals surface area (Å²) in [6.45, 7) is 6.59. The molecule has 0 atom stereocenters. The molecule has 6 nitrogen and oxygen atoms in total. The lowest BCUT2D eigenvalue weighted by Gasteiger charge is -2.08. The number of ether oxygens (including phenoxy) is 3. The van der Waals surface area contributed by atoms with Crippen molar-refractivity contribution in [2.45, 2.75) is 58.3 Å². The number of pyridine rings is 1. The molecule has 1 heterocycles. The maximum Gasteiger partial charge on any atom is 0.343 e. The van der Waals surface area contributed by atoms with Gasteiger partial charge in [-0.3, -0.25) is 4.98 Å². The Kier molecular flexibility index (Phi) is 12.1. The van der Waals surface area contributed by atoms with Crippen LogP contribution >= 0.6 is 0 Å². The molecule has 0 aliphatic heterocycles. The Hall–Kier alpha value is -3.93. The number of carbonyl (C=O) groups excluding carboxylic acids is 2. The van der Waals surface area contributed by atoms with Crippen LogP contribution in [-0.2, 0) is 16.0 Å². The van der Waals surface area contributed by atoms with Gasteiger partial charge in [-0.2, -0.15) is 0 Å². The van der Waals surface area contributed by atoms with E-state index in [0.29, 0.717) is 24.5 Å². The highest BCUT2D eigenvalue weighted by Gasteiger charge is 2.09. The Morgan fingerprint density at radius 1 is 0.789 bits per heavy atom. The Bertz CT molecular complexity index is 1140. The van der Waals surface area contributed by atoms with Crippen molar-refractivity contribution in [1.82, 2.24) is 4.98 Å². The summed E-state index contributed by atoms with van der Waals surface area (Å²) >= 11 is 0. The van der Waals surface area contributed by atoms with E-state index in [9.17, 15) is 9.59 Å². The Morgan fingerprint density at radius 2 is 1.42 bits per heavy atom. The second-order valence-electron chi connectivity index (χ2n) is 9.04. The molecule has 0 fully saturated rings. The largest absolute Gasteiger partial charge is 0.494 e. The highest BCUT2D eigenvalue weighted by Crippen LogP contribution is 2.22. The number of esters is 2. The van der Waals surface area contributed by atoms with Gasteiger partial charge in [0, 0.05) is 17.8 Å². The van der Waals surface area contributed by atoms with Crippen molar-refractivity contribution in [3.05, 3.63) is 90.6 Å². The van der Waals surface area contributed by atoms with E-state index < -0.39 is 5.97 Å². The van der Waals surface area contributed by atoms with E-state index in [4.69, 9.17) is 14.2 Å². The minimum atomic E-state index is -0.409. The van der Waals surface area contributed by atoms with Gasteiger partial charge in [-0.05, 0) is 79.4 Å². The summed E-state index contributed by atoms with van der Waals surface area (Å²) in [6, 6.07) is 18.5. The van der Waals surface area contributed by atoms with E-state index in [0.717, 1.165) is 68.4 Å². The number of carbonyl (C=O) groups is 2. The normalized spacial score (nSPS) is 10.6. The molecule has 0 aliphatic carbocycles. The van der Waals surface area contributed by atoms with Crippen LogP contribution < -0.4 is 9.47 Å². The summed E-state index contributed by atoms with van der Waals surface area (Å²) in [6.07, 6.45) is 11.5. The van der Waals surface area contributed by atoms with Gasteiger partial charge in [-0.1, -0.05) is 51.7 Å². The van der Waals surface area contributed by atoms with Crippen LogP contribution in [0.2, 0.25) is 0 Å². The van der Waals surface area contributed by atoms with Crippen LogP contribution in [0.4, 0.5) is 0 Å². The molecule has 1 aromatic heterocycles. The van der Waals surface area contributed by atoms with Crippen molar-refractivity contribution in [2.75, 3.05) is 13.2 Å². The van der Waals surface area contributed by atoms with Crippen molar-refractivity contribution in [1.29, 1.82) is 0 Å². The standard InChI is InChI=1S/C32H37NO5/c1-3-25-12-21-30(33-24-25)26-13-19-29(20-14-26)38-32(35)27-15-17-28(18-16-27)36-22-10-8-6-5-7-9-11-23-37-31(34)4-2/h4,12-21,24H,2-3,5-11,22-23H2,1H3. The van der Waals surface area contributed by atoms with Crippen LogP contribution in [0.25, 0.3) is 11.3 Å². The van der Waals surface area contributed by atoms with Crippen LogP contribution in [0.3, 0.4) is 0 Å². The van der Waals surface area contributed by atoms with Crippen molar-refractivity contribution >= 4 is 11.9 Å². The minimum absolute atomic E-state index is 0.354. The van der Waals surface area contributed by atoms with E-state index in [-0.39, 0.29) is 5.97 Å². The lowest BCUT2D eigenvalue weighted by Crippen LogP contribution is -2.08. The van der Waals surface area contributed by atoms with E-state index in [2.05, 4.69) is 24.6 Å². The topological polar surface area (TPSA) is 74.7 Å². The van der Waals surface area contributed by atoms with Crippen LogP contribution in [0.1, 0.15) is 67.8 Å². The molecule has 6 heteroatoms. The second kappa shape index (κ2) is 16.0. The minimum Gasteiger partial charge on any atom is -0.494 e. The van der Waals surface area contributed by atoms with Crippen molar-refractivity contribution in [2.24, 2.45) is 0 Å². The number of benzene rings is 2. The predicted molar refractivity (Wildman–Crippen MR) is 149 cm³/mol. The lowest BCUT2D eigenvalue weighted by molar-refractivity contribution is -0.137. The molecule has 0 aliphatic rings. The zero-order valence-corrected chi connectivity index (χ0v) is 22.2. The zero-order valence-electron chi connectivity index (χ0n) is 22.2. The molecular weight excluding hydrogens is 478 g/mol. The number of hydrogen-bond donors (Lipinski definition) is 0. The second-order valence-corrected chi connectivity index (χ2v) is 9.04. The first-order valence-electron chi connectivity index (χ1n) is 13.4. The van der Waals surface area contributed by atoms with Gasteiger partial charge in [0.1, 0.15) is 11.5 Å². The van der Waals surface area contributed by atoms with Crippen molar-refractivity contribution < 1.29 is 23.8 Å². The summed E-state index contributed by atoms with van der Waals surface area (Å²) in [5, 5.41) is 0. The van der Waals surface area contributed by atoms with Crippen LogP contribution in [-0.4, -0.2) is 30.1 Å². The monoisotopic (exact) mass is 515 g/mol. The molecule has 0 amide bonds. The molecule has 0 N–H and O–H groups in total. The van der Waals surface area contributed by atoms with Gasteiger partial charge in [0.05, 0.1) is 24.5 Å². The average molecular weight is 516 g/mol. The Morgan fingerprint density at radius 3 is 2.03 bits per heavy atom. The lowest BCUT2D eigenvalue weighted by atomic mass is 10.1. The predicted octanol–water partition coefficient (Wildman–Crippen LogP) is 7.37. The fourth-order valence-corrected chi connectivity index (χ4v) is 3.86. The number of nitrogens with zero attached hydrogens (tertiary/aromatic N) is 1. The molecule has 0 saturated carbocycles. The highest BCUT2D eigenvalue weighted by atomic mass is 16.5. The molecule has 0 radical (unpaired) electrons. The van der Waals surface area contributed by atoms with Crippen LogP contribution in [0.5, 0.6) is 11.5 Å². The molecule has 0 unspecified atom stereocenters. The molecule has 0 bridgehead atoms. The first-order valence-corrected chi connectivity index (χ1v) is 13.4. The highest BCUT2D eigenvalue weighted by molar-refractivity contribution is 5.91. The number of aryl methyl sites for hydroxylation is 1. The SMILES string of the molecule is C=CC(=O)OCCCCCCCCCOc1ccc(C(=O)Oc2ccc(-c3ccc(CC)cn3)cc2)cc1. The third-order valence-corrected chi connectivity index (χ3v) is 6.15. The summed E-state index contributed by atoms with van der Waals surface area (Å²) in [7, 11) is 0. The number of unbranched alkanes of at least 4 members (excludes halogenated alkanes) is 6. The fraction of sp³-hybridized carbons (Fsp3) is 0.344. The summed E-state index contributed by atoms with van der Waals surface area (Å²) in [5.74, 6) is 0.462.